The topological polar surface area (TPSA) is 33.4 Å². The minimum absolute atomic E-state index is 0.0806. The average molecular weight is 340 g/mol. The van der Waals surface area contributed by atoms with Crippen LogP contribution in [0.1, 0.15) is 51.0 Å². The first-order chi connectivity index (χ1) is 11.4. The van der Waals surface area contributed by atoms with Gasteiger partial charge in [-0.25, -0.2) is 0 Å². The molecule has 4 rings (SSSR count). The summed E-state index contributed by atoms with van der Waals surface area (Å²) in [5.74, 6) is 0. The van der Waals surface area contributed by atoms with Gasteiger partial charge in [0, 0.05) is 35.9 Å². The van der Waals surface area contributed by atoms with Crippen molar-refractivity contribution in [1.29, 1.82) is 0 Å². The summed E-state index contributed by atoms with van der Waals surface area (Å²) in [5.41, 5.74) is 2.48. The standard InChI is InChI=1S/C19H24N4S/c1-13-11-23-17(14-8-10-22(12-14)19(2,3)4)16(21-18(23)24-13)15-7-5-6-9-20-15/h5-10,12-13,16-17H,11H2,1-4H3/t13-,16-,17-/m1/s1. The summed E-state index contributed by atoms with van der Waals surface area (Å²) in [4.78, 5) is 12.1. The molecule has 1 saturated heterocycles. The van der Waals surface area contributed by atoms with Crippen LogP contribution in [0.5, 0.6) is 0 Å². The van der Waals surface area contributed by atoms with Crippen LogP contribution < -0.4 is 0 Å². The Kier molecular flexibility index (Phi) is 3.71. The average Bonchev–Trinajstić information content (AvgIpc) is 3.20. The number of rotatable bonds is 2. The highest BCUT2D eigenvalue weighted by Crippen LogP contribution is 2.47. The molecule has 0 amide bonds. The second kappa shape index (κ2) is 5.66. The molecule has 0 N–H and O–H groups in total. The van der Waals surface area contributed by atoms with Gasteiger partial charge in [0.1, 0.15) is 6.04 Å². The Morgan fingerprint density at radius 1 is 1.21 bits per heavy atom. The minimum Gasteiger partial charge on any atom is -0.349 e. The zero-order chi connectivity index (χ0) is 16.9. The Balaban J connectivity index is 1.74. The second-order valence-electron chi connectivity index (χ2n) is 7.66. The van der Waals surface area contributed by atoms with Crippen molar-refractivity contribution in [3.63, 3.8) is 0 Å². The second-order valence-corrected chi connectivity index (χ2v) is 9.07. The van der Waals surface area contributed by atoms with Gasteiger partial charge in [0.15, 0.2) is 5.17 Å². The predicted octanol–water partition coefficient (Wildman–Crippen LogP) is 4.23. The van der Waals surface area contributed by atoms with E-state index in [4.69, 9.17) is 4.99 Å². The first-order valence-corrected chi connectivity index (χ1v) is 9.42. The quantitative estimate of drug-likeness (QED) is 0.820. The third-order valence-electron chi connectivity index (χ3n) is 4.71. The number of nitrogens with zero attached hydrogens (tertiary/aromatic N) is 4. The van der Waals surface area contributed by atoms with Crippen LogP contribution in [0.15, 0.2) is 47.8 Å². The van der Waals surface area contributed by atoms with Crippen LogP contribution in [-0.2, 0) is 5.54 Å². The molecule has 2 aromatic heterocycles. The van der Waals surface area contributed by atoms with Gasteiger partial charge in [0.2, 0.25) is 0 Å². The predicted molar refractivity (Wildman–Crippen MR) is 100 cm³/mol. The van der Waals surface area contributed by atoms with Crippen molar-refractivity contribution in [1.82, 2.24) is 14.5 Å². The van der Waals surface area contributed by atoms with E-state index in [0.717, 1.165) is 12.2 Å². The molecule has 126 valence electrons. The van der Waals surface area contributed by atoms with Gasteiger partial charge >= 0.3 is 0 Å². The fraction of sp³-hybridized carbons (Fsp3) is 0.474. The van der Waals surface area contributed by atoms with E-state index in [1.54, 1.807) is 0 Å². The number of aromatic nitrogens is 2. The lowest BCUT2D eigenvalue weighted by Crippen LogP contribution is -2.28. The van der Waals surface area contributed by atoms with Crippen molar-refractivity contribution < 1.29 is 0 Å². The smallest absolute Gasteiger partial charge is 0.160 e. The zero-order valence-electron chi connectivity index (χ0n) is 14.7. The van der Waals surface area contributed by atoms with Crippen molar-refractivity contribution >= 4 is 16.9 Å². The number of fused-ring (bicyclic) bond motifs is 1. The molecule has 2 aromatic rings. The van der Waals surface area contributed by atoms with Gasteiger partial charge in [0.25, 0.3) is 0 Å². The molecule has 4 heterocycles. The van der Waals surface area contributed by atoms with Crippen LogP contribution in [0.3, 0.4) is 0 Å². The maximum atomic E-state index is 5.03. The van der Waals surface area contributed by atoms with Crippen molar-refractivity contribution in [2.45, 2.75) is 50.6 Å². The molecule has 2 aliphatic rings. The molecule has 0 spiro atoms. The number of aliphatic imine (C=N–C) groups is 1. The normalized spacial score (nSPS) is 26.6. The fourth-order valence-electron chi connectivity index (χ4n) is 3.48. The van der Waals surface area contributed by atoms with Crippen molar-refractivity contribution in [3.8, 4) is 0 Å². The van der Waals surface area contributed by atoms with Crippen LogP contribution in [-0.4, -0.2) is 31.4 Å². The van der Waals surface area contributed by atoms with Crippen molar-refractivity contribution in [3.05, 3.63) is 54.1 Å². The van der Waals surface area contributed by atoms with Gasteiger partial charge in [-0.15, -0.1) is 0 Å². The third-order valence-corrected chi connectivity index (χ3v) is 5.82. The van der Waals surface area contributed by atoms with Crippen LogP contribution in [0.4, 0.5) is 0 Å². The number of hydrogen-bond donors (Lipinski definition) is 0. The van der Waals surface area contributed by atoms with Gasteiger partial charge in [-0.3, -0.25) is 9.98 Å². The van der Waals surface area contributed by atoms with Gasteiger partial charge in [-0.05, 0) is 44.5 Å². The Hall–Kier alpha value is -1.75. The van der Waals surface area contributed by atoms with E-state index in [9.17, 15) is 0 Å². The highest BCUT2D eigenvalue weighted by molar-refractivity contribution is 8.14. The summed E-state index contributed by atoms with van der Waals surface area (Å²) in [6.07, 6.45) is 6.34. The molecule has 1 fully saturated rings. The summed E-state index contributed by atoms with van der Waals surface area (Å²) in [6, 6.07) is 8.69. The number of thioether (sulfide) groups is 1. The maximum Gasteiger partial charge on any atom is 0.160 e. The monoisotopic (exact) mass is 340 g/mol. The molecule has 0 bridgehead atoms. The SMILES string of the molecule is C[C@@H]1CN2C(=N[C@H](c3ccccn3)[C@H]2c2ccn(C(C)(C)C)c2)S1. The molecular formula is C19H24N4S. The molecule has 5 heteroatoms. The lowest BCUT2D eigenvalue weighted by Gasteiger charge is -2.27. The molecule has 2 aliphatic heterocycles. The molecule has 0 aromatic carbocycles. The van der Waals surface area contributed by atoms with E-state index in [-0.39, 0.29) is 17.6 Å². The lowest BCUT2D eigenvalue weighted by atomic mass is 9.98. The van der Waals surface area contributed by atoms with E-state index in [2.05, 4.69) is 72.7 Å². The summed E-state index contributed by atoms with van der Waals surface area (Å²) < 4.78 is 2.29. The molecule has 0 radical (unpaired) electrons. The summed E-state index contributed by atoms with van der Waals surface area (Å²) in [6.45, 7) is 10.0. The minimum atomic E-state index is 0.0806. The van der Waals surface area contributed by atoms with E-state index in [1.165, 1.54) is 10.7 Å². The van der Waals surface area contributed by atoms with E-state index >= 15 is 0 Å². The fourth-order valence-corrected chi connectivity index (χ4v) is 4.58. The Bertz CT molecular complexity index is 759. The molecule has 0 unspecified atom stereocenters. The first kappa shape index (κ1) is 15.8. The highest BCUT2D eigenvalue weighted by Gasteiger charge is 2.43. The number of amidine groups is 1. The molecule has 3 atom stereocenters. The Labute approximate surface area is 148 Å². The van der Waals surface area contributed by atoms with Crippen LogP contribution in [0, 0.1) is 0 Å². The maximum absolute atomic E-state index is 5.03. The number of pyridine rings is 1. The molecule has 4 nitrogen and oxygen atoms in total. The van der Waals surface area contributed by atoms with Crippen molar-refractivity contribution in [2.75, 3.05) is 6.54 Å². The first-order valence-electron chi connectivity index (χ1n) is 8.54. The van der Waals surface area contributed by atoms with Crippen LogP contribution >= 0.6 is 11.8 Å². The highest BCUT2D eigenvalue weighted by atomic mass is 32.2. The summed E-state index contributed by atoms with van der Waals surface area (Å²) >= 11 is 1.89. The van der Waals surface area contributed by atoms with Gasteiger partial charge in [-0.1, -0.05) is 24.8 Å². The van der Waals surface area contributed by atoms with Gasteiger partial charge < -0.3 is 9.47 Å². The zero-order valence-corrected chi connectivity index (χ0v) is 15.5. The van der Waals surface area contributed by atoms with Crippen LogP contribution in [0.2, 0.25) is 0 Å². The Morgan fingerprint density at radius 2 is 2.04 bits per heavy atom. The largest absolute Gasteiger partial charge is 0.349 e. The summed E-state index contributed by atoms with van der Waals surface area (Å²) in [7, 11) is 0. The van der Waals surface area contributed by atoms with Gasteiger partial charge in [0.05, 0.1) is 11.7 Å². The van der Waals surface area contributed by atoms with Crippen LogP contribution in [0.25, 0.3) is 0 Å². The molecule has 24 heavy (non-hydrogen) atoms. The van der Waals surface area contributed by atoms with Crippen molar-refractivity contribution in [2.24, 2.45) is 4.99 Å². The van der Waals surface area contributed by atoms with E-state index in [0.29, 0.717) is 5.25 Å². The molecule has 0 saturated carbocycles. The Morgan fingerprint density at radius 3 is 2.71 bits per heavy atom. The van der Waals surface area contributed by atoms with E-state index in [1.807, 2.05) is 24.0 Å². The summed E-state index contributed by atoms with van der Waals surface area (Å²) in [5, 5.41) is 1.77. The third kappa shape index (κ3) is 2.65. The lowest BCUT2D eigenvalue weighted by molar-refractivity contribution is 0.319. The molecular weight excluding hydrogens is 316 g/mol. The number of hydrogen-bond acceptors (Lipinski definition) is 4. The molecule has 0 aliphatic carbocycles. The van der Waals surface area contributed by atoms with Gasteiger partial charge in [-0.2, -0.15) is 0 Å². The van der Waals surface area contributed by atoms with E-state index < -0.39 is 0 Å².